The summed E-state index contributed by atoms with van der Waals surface area (Å²) >= 11 is 0. The molecule has 0 N–H and O–H groups in total. The van der Waals surface area contributed by atoms with Gasteiger partial charge in [0.15, 0.2) is 37.9 Å². The van der Waals surface area contributed by atoms with E-state index >= 15 is 0 Å². The van der Waals surface area contributed by atoms with E-state index in [0.717, 1.165) is 73.3 Å². The third-order valence-electron chi connectivity index (χ3n) is 6.87. The molecule has 0 aliphatic rings. The van der Waals surface area contributed by atoms with Crippen LogP contribution in [-0.2, 0) is 26.2 Å². The summed E-state index contributed by atoms with van der Waals surface area (Å²) in [6, 6.07) is 23.0. The van der Waals surface area contributed by atoms with E-state index in [1.807, 2.05) is 97.6 Å². The highest BCUT2D eigenvalue weighted by atomic mass is 16.5. The standard InChI is InChI=1S/C33H37N8O2/c1-42-32-9-5-28(6-10-32)34-36-30-13-21-38(22-14-30)17-3-19-40-25-26-41(27-40)20-4-18-39-23-15-31(16-24-39)37-35-29-7-11-33(43-2)12-8-29/h5-16,21-27H,3-4,17-20H2,1-2H3/q+3. The molecule has 10 nitrogen and oxygen atoms in total. The molecule has 10 heteroatoms. The van der Waals surface area contributed by atoms with Crippen molar-refractivity contribution < 1.29 is 23.2 Å². The number of aryl methyl sites for hydroxylation is 4. The Bertz CT molecular complexity index is 1490. The zero-order valence-corrected chi connectivity index (χ0v) is 24.6. The molecule has 0 saturated heterocycles. The van der Waals surface area contributed by atoms with Gasteiger partial charge in [0.2, 0.25) is 6.33 Å². The van der Waals surface area contributed by atoms with Crippen molar-refractivity contribution in [2.75, 3.05) is 14.2 Å². The van der Waals surface area contributed by atoms with Crippen LogP contribution in [0.1, 0.15) is 12.8 Å². The fraction of sp³-hybridized carbons (Fsp3) is 0.242. The first-order valence-electron chi connectivity index (χ1n) is 14.3. The molecular weight excluding hydrogens is 540 g/mol. The van der Waals surface area contributed by atoms with Gasteiger partial charge in [0.05, 0.1) is 50.1 Å². The van der Waals surface area contributed by atoms with E-state index in [2.05, 4.69) is 57.4 Å². The molecule has 5 aromatic rings. The SMILES string of the molecule is COc1ccc(/N=N\c2cc[n+](CCCn3cc[n+](CCC[n+]4ccc(/N=N\c5ccc(OC)cc5)cc4)c3)cc2)cc1. The monoisotopic (exact) mass is 577 g/mol. The molecule has 3 heterocycles. The van der Waals surface area contributed by atoms with Gasteiger partial charge in [0.1, 0.15) is 23.9 Å². The summed E-state index contributed by atoms with van der Waals surface area (Å²) in [4.78, 5) is 0. The predicted octanol–water partition coefficient (Wildman–Crippen LogP) is 6.38. The van der Waals surface area contributed by atoms with Crippen molar-refractivity contribution in [2.24, 2.45) is 20.5 Å². The largest absolute Gasteiger partial charge is 0.497 e. The van der Waals surface area contributed by atoms with Crippen molar-refractivity contribution in [3.8, 4) is 11.5 Å². The number of aromatic nitrogens is 4. The second-order valence-electron chi connectivity index (χ2n) is 9.98. The lowest BCUT2D eigenvalue weighted by Gasteiger charge is -1.99. The number of imidazole rings is 1. The summed E-state index contributed by atoms with van der Waals surface area (Å²) in [5.41, 5.74) is 3.23. The quantitative estimate of drug-likeness (QED) is 0.113. The van der Waals surface area contributed by atoms with Gasteiger partial charge in [-0.3, -0.25) is 0 Å². The van der Waals surface area contributed by atoms with Gasteiger partial charge in [0.25, 0.3) is 0 Å². The van der Waals surface area contributed by atoms with Gasteiger partial charge in [0, 0.05) is 37.1 Å². The topological polar surface area (TPSA) is 84.5 Å². The summed E-state index contributed by atoms with van der Waals surface area (Å²) in [7, 11) is 3.30. The van der Waals surface area contributed by atoms with Crippen LogP contribution >= 0.6 is 0 Å². The van der Waals surface area contributed by atoms with Crippen molar-refractivity contribution in [1.82, 2.24) is 4.57 Å². The van der Waals surface area contributed by atoms with Crippen molar-refractivity contribution in [2.45, 2.75) is 39.0 Å². The summed E-state index contributed by atoms with van der Waals surface area (Å²) in [5, 5.41) is 17.2. The molecule has 0 atom stereocenters. The Morgan fingerprint density at radius 3 is 1.40 bits per heavy atom. The van der Waals surface area contributed by atoms with Crippen molar-refractivity contribution >= 4 is 22.7 Å². The Kier molecular flexibility index (Phi) is 10.3. The Morgan fingerprint density at radius 2 is 0.930 bits per heavy atom. The zero-order valence-electron chi connectivity index (χ0n) is 24.6. The number of azo groups is 2. The van der Waals surface area contributed by atoms with Crippen LogP contribution < -0.4 is 23.2 Å². The molecule has 0 bridgehead atoms. The summed E-state index contributed by atoms with van der Waals surface area (Å²) in [6.45, 7) is 3.78. The number of methoxy groups -OCH3 is 2. The van der Waals surface area contributed by atoms with E-state index in [-0.39, 0.29) is 0 Å². The normalized spacial score (nSPS) is 11.4. The Labute approximate surface area is 251 Å². The van der Waals surface area contributed by atoms with Crippen LogP contribution in [-0.4, -0.2) is 18.8 Å². The number of hydrogen-bond donors (Lipinski definition) is 0. The van der Waals surface area contributed by atoms with E-state index in [1.165, 1.54) is 0 Å². The van der Waals surface area contributed by atoms with E-state index in [4.69, 9.17) is 9.47 Å². The number of ether oxygens (including phenoxy) is 2. The molecule has 0 spiro atoms. The molecular formula is C33H37N8O2+3. The summed E-state index contributed by atoms with van der Waals surface area (Å²) in [5.74, 6) is 1.61. The summed E-state index contributed by atoms with van der Waals surface area (Å²) in [6.07, 6.45) is 16.7. The summed E-state index contributed by atoms with van der Waals surface area (Å²) < 4.78 is 19.2. The van der Waals surface area contributed by atoms with E-state index in [9.17, 15) is 0 Å². The maximum Gasteiger partial charge on any atom is 0.243 e. The van der Waals surface area contributed by atoms with Gasteiger partial charge in [-0.25, -0.2) is 18.3 Å². The second-order valence-corrected chi connectivity index (χ2v) is 9.98. The van der Waals surface area contributed by atoms with Crippen LogP contribution in [0.3, 0.4) is 0 Å². The highest BCUT2D eigenvalue weighted by Gasteiger charge is 2.08. The van der Waals surface area contributed by atoms with Gasteiger partial charge in [-0.1, -0.05) is 0 Å². The number of rotatable bonds is 14. The van der Waals surface area contributed by atoms with Crippen LogP contribution in [0.5, 0.6) is 11.5 Å². The van der Waals surface area contributed by atoms with E-state index in [0.29, 0.717) is 0 Å². The lowest BCUT2D eigenvalue weighted by atomic mass is 10.3. The molecule has 0 fully saturated rings. The lowest BCUT2D eigenvalue weighted by molar-refractivity contribution is -0.726. The Balaban J connectivity index is 1.00. The first-order chi connectivity index (χ1) is 21.2. The fourth-order valence-electron chi connectivity index (χ4n) is 4.43. The molecule has 5 rings (SSSR count). The molecule has 0 aliphatic carbocycles. The smallest absolute Gasteiger partial charge is 0.243 e. The van der Waals surface area contributed by atoms with Gasteiger partial charge in [-0.05, 0) is 48.5 Å². The van der Waals surface area contributed by atoms with E-state index in [1.54, 1.807) is 14.2 Å². The van der Waals surface area contributed by atoms with Gasteiger partial charge in [-0.2, -0.15) is 20.5 Å². The second kappa shape index (κ2) is 15.1. The highest BCUT2D eigenvalue weighted by Crippen LogP contribution is 2.21. The van der Waals surface area contributed by atoms with Gasteiger partial charge in [-0.15, -0.1) is 0 Å². The van der Waals surface area contributed by atoms with Crippen molar-refractivity contribution in [1.29, 1.82) is 0 Å². The van der Waals surface area contributed by atoms with Crippen LogP contribution in [0.25, 0.3) is 0 Å². The minimum Gasteiger partial charge on any atom is -0.497 e. The molecule has 0 amide bonds. The van der Waals surface area contributed by atoms with E-state index < -0.39 is 0 Å². The Hall–Kier alpha value is -5.25. The number of nitrogens with zero attached hydrogens (tertiary/aromatic N) is 8. The number of hydrogen-bond acceptors (Lipinski definition) is 6. The predicted molar refractivity (Wildman–Crippen MR) is 161 cm³/mol. The lowest BCUT2D eigenvalue weighted by Crippen LogP contribution is -2.37. The average molecular weight is 578 g/mol. The Morgan fingerprint density at radius 1 is 0.512 bits per heavy atom. The van der Waals surface area contributed by atoms with Crippen LogP contribution in [0.4, 0.5) is 22.7 Å². The molecule has 218 valence electrons. The molecule has 43 heavy (non-hydrogen) atoms. The molecule has 0 aliphatic heterocycles. The molecule has 2 aromatic carbocycles. The van der Waals surface area contributed by atoms with Gasteiger partial charge < -0.3 is 9.47 Å². The van der Waals surface area contributed by atoms with Crippen molar-refractivity contribution in [3.05, 3.63) is 116 Å². The average Bonchev–Trinajstić information content (AvgIpc) is 3.52. The minimum atomic E-state index is 0.791. The third kappa shape index (κ3) is 9.12. The zero-order chi connectivity index (χ0) is 29.7. The molecule has 0 radical (unpaired) electrons. The maximum absolute atomic E-state index is 5.17. The minimum absolute atomic E-state index is 0.791. The first-order valence-corrected chi connectivity index (χ1v) is 14.3. The van der Waals surface area contributed by atoms with Crippen LogP contribution in [0, 0.1) is 0 Å². The third-order valence-corrected chi connectivity index (χ3v) is 6.87. The van der Waals surface area contributed by atoms with Gasteiger partial charge >= 0.3 is 0 Å². The molecule has 0 saturated carbocycles. The maximum atomic E-state index is 5.17. The highest BCUT2D eigenvalue weighted by molar-refractivity contribution is 5.43. The fourth-order valence-corrected chi connectivity index (χ4v) is 4.43. The van der Waals surface area contributed by atoms with Crippen LogP contribution in [0.15, 0.2) is 137 Å². The first kappa shape index (κ1) is 29.2. The molecule has 3 aromatic heterocycles. The van der Waals surface area contributed by atoms with Crippen LogP contribution in [0.2, 0.25) is 0 Å². The number of pyridine rings is 2. The number of benzene rings is 2. The molecule has 0 unspecified atom stereocenters. The van der Waals surface area contributed by atoms with Crippen molar-refractivity contribution in [3.63, 3.8) is 0 Å².